The molecule has 4 N–H and O–H groups in total. The van der Waals surface area contributed by atoms with Crippen LogP contribution in [0.3, 0.4) is 0 Å². The highest BCUT2D eigenvalue weighted by molar-refractivity contribution is 5.96. The van der Waals surface area contributed by atoms with Crippen LogP contribution >= 0.6 is 0 Å². The number of anilines is 2. The van der Waals surface area contributed by atoms with Crippen molar-refractivity contribution in [1.29, 1.82) is 0 Å². The Balaban J connectivity index is 1.86. The van der Waals surface area contributed by atoms with Crippen molar-refractivity contribution in [2.75, 3.05) is 24.6 Å². The summed E-state index contributed by atoms with van der Waals surface area (Å²) < 4.78 is 0. The van der Waals surface area contributed by atoms with Gasteiger partial charge >= 0.3 is 0 Å². The average Bonchev–Trinajstić information content (AvgIpc) is 2.50. The Labute approximate surface area is 127 Å². The lowest BCUT2D eigenvalue weighted by Crippen LogP contribution is -2.19. The summed E-state index contributed by atoms with van der Waals surface area (Å²) in [5, 5.41) is 6.02. The van der Waals surface area contributed by atoms with E-state index < -0.39 is 0 Å². The lowest BCUT2D eigenvalue weighted by atomic mass is 9.81. The fourth-order valence-electron chi connectivity index (χ4n) is 3.02. The molecule has 2 rings (SSSR count). The first kappa shape index (κ1) is 15.7. The number of rotatable bonds is 5. The number of nitrogens with two attached hydrogens (primary N) is 1. The molecule has 4 nitrogen and oxygen atoms in total. The third kappa shape index (κ3) is 4.38. The Kier molecular flexibility index (Phi) is 5.48. The van der Waals surface area contributed by atoms with Crippen LogP contribution in [0.25, 0.3) is 0 Å². The number of hydrogen-bond acceptors (Lipinski definition) is 3. The van der Waals surface area contributed by atoms with Crippen molar-refractivity contribution in [3.8, 4) is 0 Å². The summed E-state index contributed by atoms with van der Waals surface area (Å²) in [7, 11) is 1.63. The molecule has 0 spiro atoms. The summed E-state index contributed by atoms with van der Waals surface area (Å²) >= 11 is 0. The minimum Gasteiger partial charge on any atom is -0.397 e. The van der Waals surface area contributed by atoms with E-state index in [1.54, 1.807) is 19.2 Å². The third-order valence-corrected chi connectivity index (χ3v) is 4.55. The van der Waals surface area contributed by atoms with Crippen molar-refractivity contribution in [2.45, 2.75) is 39.0 Å². The second kappa shape index (κ2) is 7.34. The van der Waals surface area contributed by atoms with Crippen LogP contribution in [0.15, 0.2) is 18.2 Å². The zero-order chi connectivity index (χ0) is 15.2. The lowest BCUT2D eigenvalue weighted by molar-refractivity contribution is 0.0963. The van der Waals surface area contributed by atoms with Gasteiger partial charge in [0.25, 0.3) is 5.91 Å². The minimum atomic E-state index is -0.0840. The van der Waals surface area contributed by atoms with Crippen LogP contribution in [0.1, 0.15) is 49.4 Å². The fourth-order valence-corrected chi connectivity index (χ4v) is 3.02. The minimum absolute atomic E-state index is 0.0840. The van der Waals surface area contributed by atoms with E-state index in [-0.39, 0.29) is 5.91 Å². The van der Waals surface area contributed by atoms with Gasteiger partial charge in [-0.25, -0.2) is 0 Å². The summed E-state index contributed by atoms with van der Waals surface area (Å²) in [5.41, 5.74) is 8.17. The van der Waals surface area contributed by atoms with E-state index in [1.807, 2.05) is 6.07 Å². The van der Waals surface area contributed by atoms with E-state index in [1.165, 1.54) is 32.1 Å². The molecule has 1 aliphatic carbocycles. The van der Waals surface area contributed by atoms with Gasteiger partial charge in [-0.2, -0.15) is 0 Å². The molecule has 0 radical (unpaired) electrons. The Hall–Kier alpha value is -1.71. The molecule has 0 aliphatic heterocycles. The van der Waals surface area contributed by atoms with Crippen molar-refractivity contribution >= 4 is 17.3 Å². The molecule has 0 saturated heterocycles. The average molecular weight is 289 g/mol. The number of nitrogens with one attached hydrogen (secondary N) is 2. The van der Waals surface area contributed by atoms with E-state index in [9.17, 15) is 4.79 Å². The molecule has 1 saturated carbocycles. The maximum atomic E-state index is 11.6. The Bertz CT molecular complexity index is 479. The van der Waals surface area contributed by atoms with Gasteiger partial charge in [0.1, 0.15) is 0 Å². The Morgan fingerprint density at radius 2 is 2.00 bits per heavy atom. The molecular formula is C17H27N3O. The fraction of sp³-hybridized carbons (Fsp3) is 0.588. The van der Waals surface area contributed by atoms with Crippen molar-refractivity contribution in [2.24, 2.45) is 11.8 Å². The van der Waals surface area contributed by atoms with E-state index in [0.29, 0.717) is 11.3 Å². The molecule has 0 unspecified atom stereocenters. The first-order chi connectivity index (χ1) is 10.1. The largest absolute Gasteiger partial charge is 0.397 e. The van der Waals surface area contributed by atoms with Crippen LogP contribution in [0.5, 0.6) is 0 Å². The van der Waals surface area contributed by atoms with E-state index >= 15 is 0 Å². The van der Waals surface area contributed by atoms with E-state index in [4.69, 9.17) is 5.73 Å². The molecule has 0 heterocycles. The zero-order valence-electron chi connectivity index (χ0n) is 13.1. The molecule has 1 aromatic rings. The van der Waals surface area contributed by atoms with Gasteiger partial charge in [0.05, 0.1) is 11.4 Å². The number of hydrogen-bond donors (Lipinski definition) is 3. The van der Waals surface area contributed by atoms with Crippen LogP contribution in [-0.4, -0.2) is 19.5 Å². The second-order valence-electron chi connectivity index (χ2n) is 6.22. The predicted molar refractivity (Wildman–Crippen MR) is 88.5 cm³/mol. The van der Waals surface area contributed by atoms with E-state index in [2.05, 4.69) is 17.6 Å². The molecule has 0 aromatic heterocycles. The number of benzene rings is 1. The standard InChI is InChI=1S/C17H27N3O/c1-12-3-5-13(6-4-12)9-10-20-16-11-14(17(21)19-2)7-8-15(16)18/h7-8,11-13,20H,3-6,9-10,18H2,1-2H3,(H,19,21). The quantitative estimate of drug-likeness (QED) is 0.729. The summed E-state index contributed by atoms with van der Waals surface area (Å²) in [6.07, 6.45) is 6.58. The Morgan fingerprint density at radius 3 is 2.67 bits per heavy atom. The van der Waals surface area contributed by atoms with Crippen LogP contribution < -0.4 is 16.4 Å². The first-order valence-corrected chi connectivity index (χ1v) is 7.95. The lowest BCUT2D eigenvalue weighted by Gasteiger charge is -2.26. The first-order valence-electron chi connectivity index (χ1n) is 7.95. The highest BCUT2D eigenvalue weighted by Gasteiger charge is 2.17. The Morgan fingerprint density at radius 1 is 1.29 bits per heavy atom. The summed E-state index contributed by atoms with van der Waals surface area (Å²) in [6, 6.07) is 5.37. The van der Waals surface area contributed by atoms with Crippen LogP contribution in [-0.2, 0) is 0 Å². The number of carbonyl (C=O) groups excluding carboxylic acids is 1. The molecule has 116 valence electrons. The predicted octanol–water partition coefficient (Wildman–Crippen LogP) is 3.26. The molecule has 1 amide bonds. The summed E-state index contributed by atoms with van der Waals surface area (Å²) in [6.45, 7) is 3.26. The molecule has 4 heteroatoms. The van der Waals surface area contributed by atoms with Gasteiger partial charge in [0.2, 0.25) is 0 Å². The zero-order valence-corrected chi connectivity index (χ0v) is 13.1. The van der Waals surface area contributed by atoms with Crippen molar-refractivity contribution in [1.82, 2.24) is 5.32 Å². The van der Waals surface area contributed by atoms with Crippen molar-refractivity contribution in [3.63, 3.8) is 0 Å². The smallest absolute Gasteiger partial charge is 0.251 e. The molecule has 1 aliphatic rings. The van der Waals surface area contributed by atoms with E-state index in [0.717, 1.165) is 24.1 Å². The normalized spacial score (nSPS) is 21.8. The molecule has 1 aromatic carbocycles. The van der Waals surface area contributed by atoms with Gasteiger partial charge < -0.3 is 16.4 Å². The molecule has 0 bridgehead atoms. The van der Waals surface area contributed by atoms with Gasteiger partial charge in [0, 0.05) is 19.2 Å². The molecular weight excluding hydrogens is 262 g/mol. The number of amides is 1. The summed E-state index contributed by atoms with van der Waals surface area (Å²) in [4.78, 5) is 11.6. The second-order valence-corrected chi connectivity index (χ2v) is 6.22. The van der Waals surface area contributed by atoms with Gasteiger partial charge in [-0.3, -0.25) is 4.79 Å². The highest BCUT2D eigenvalue weighted by Crippen LogP contribution is 2.30. The molecule has 0 atom stereocenters. The molecule has 1 fully saturated rings. The number of carbonyl (C=O) groups is 1. The van der Waals surface area contributed by atoms with Gasteiger partial charge in [-0.05, 0) is 36.5 Å². The van der Waals surface area contributed by atoms with Crippen molar-refractivity contribution < 1.29 is 4.79 Å². The topological polar surface area (TPSA) is 67.2 Å². The third-order valence-electron chi connectivity index (χ3n) is 4.55. The maximum Gasteiger partial charge on any atom is 0.251 e. The van der Waals surface area contributed by atoms with Crippen LogP contribution in [0.4, 0.5) is 11.4 Å². The monoisotopic (exact) mass is 289 g/mol. The van der Waals surface area contributed by atoms with Gasteiger partial charge in [0.15, 0.2) is 0 Å². The highest BCUT2D eigenvalue weighted by atomic mass is 16.1. The molecule has 21 heavy (non-hydrogen) atoms. The van der Waals surface area contributed by atoms with Crippen LogP contribution in [0.2, 0.25) is 0 Å². The van der Waals surface area contributed by atoms with Crippen LogP contribution in [0, 0.1) is 11.8 Å². The summed E-state index contributed by atoms with van der Waals surface area (Å²) in [5.74, 6) is 1.64. The van der Waals surface area contributed by atoms with Gasteiger partial charge in [-0.1, -0.05) is 32.6 Å². The van der Waals surface area contributed by atoms with Crippen molar-refractivity contribution in [3.05, 3.63) is 23.8 Å². The SMILES string of the molecule is CNC(=O)c1ccc(N)c(NCCC2CCC(C)CC2)c1. The number of nitrogen functional groups attached to an aromatic ring is 1. The maximum absolute atomic E-state index is 11.6. The van der Waals surface area contributed by atoms with Gasteiger partial charge in [-0.15, -0.1) is 0 Å².